The summed E-state index contributed by atoms with van der Waals surface area (Å²) in [7, 11) is 0. The van der Waals surface area contributed by atoms with Gasteiger partial charge in [-0.1, -0.05) is 17.7 Å². The van der Waals surface area contributed by atoms with E-state index in [0.717, 1.165) is 29.7 Å². The molecule has 2 aromatic heterocycles. The molecule has 0 amide bonds. The summed E-state index contributed by atoms with van der Waals surface area (Å²) in [6.45, 7) is 0. The minimum Gasteiger partial charge on any atom is -0.493 e. The first-order valence-corrected chi connectivity index (χ1v) is 7.50. The van der Waals surface area contributed by atoms with E-state index in [-0.39, 0.29) is 10.9 Å². The van der Waals surface area contributed by atoms with Crippen molar-refractivity contribution in [2.24, 2.45) is 0 Å². The third-order valence-electron chi connectivity index (χ3n) is 3.97. The predicted octanol–water partition coefficient (Wildman–Crippen LogP) is 3.70. The molecule has 1 aromatic carbocycles. The molecule has 0 unspecified atom stereocenters. The van der Waals surface area contributed by atoms with E-state index in [4.69, 9.17) is 11.6 Å². The van der Waals surface area contributed by atoms with E-state index in [9.17, 15) is 9.50 Å². The topological polar surface area (TPSA) is 50.4 Å². The van der Waals surface area contributed by atoms with E-state index in [1.807, 2.05) is 0 Å². The third-order valence-corrected chi connectivity index (χ3v) is 4.26. The van der Waals surface area contributed by atoms with Gasteiger partial charge in [0.25, 0.3) is 0 Å². The molecule has 0 bridgehead atoms. The van der Waals surface area contributed by atoms with Crippen molar-refractivity contribution >= 4 is 17.2 Å². The van der Waals surface area contributed by atoms with Crippen molar-refractivity contribution in [2.75, 3.05) is 0 Å². The third kappa shape index (κ3) is 2.22. The van der Waals surface area contributed by atoms with E-state index in [1.54, 1.807) is 24.4 Å². The molecule has 6 heteroatoms. The van der Waals surface area contributed by atoms with Gasteiger partial charge < -0.3 is 5.11 Å². The molecular formula is C16H13ClFN3O. The summed E-state index contributed by atoms with van der Waals surface area (Å²) in [4.78, 5) is 4.63. The molecule has 1 aliphatic rings. The highest BCUT2D eigenvalue weighted by molar-refractivity contribution is 6.30. The SMILES string of the molecule is Oc1c(Cc2ccc(F)c(Cl)c2)c(C2CC2)nc2ccnn12. The smallest absolute Gasteiger partial charge is 0.219 e. The molecule has 0 spiro atoms. The Labute approximate surface area is 131 Å². The van der Waals surface area contributed by atoms with Gasteiger partial charge in [0.1, 0.15) is 5.82 Å². The summed E-state index contributed by atoms with van der Waals surface area (Å²) in [6, 6.07) is 6.36. The lowest BCUT2D eigenvalue weighted by molar-refractivity contribution is 0.427. The standard InChI is InChI=1S/C16H13ClFN3O/c17-12-8-9(1-4-13(12)18)7-11-15(10-2-3-10)20-14-5-6-19-21(14)16(11)22/h1,4-6,8,10,22H,2-3,7H2. The number of rotatable bonds is 3. The van der Waals surface area contributed by atoms with Crippen molar-refractivity contribution in [2.45, 2.75) is 25.2 Å². The molecule has 3 aromatic rings. The average Bonchev–Trinajstić information content (AvgIpc) is 3.23. The first-order chi connectivity index (χ1) is 10.6. The summed E-state index contributed by atoms with van der Waals surface area (Å²) in [5, 5.41) is 14.7. The summed E-state index contributed by atoms with van der Waals surface area (Å²) in [5.74, 6) is 0.0341. The lowest BCUT2D eigenvalue weighted by atomic mass is 10.0. The molecular weight excluding hydrogens is 305 g/mol. The van der Waals surface area contributed by atoms with Gasteiger partial charge in [-0.3, -0.25) is 0 Å². The van der Waals surface area contributed by atoms with Crippen LogP contribution in [-0.2, 0) is 6.42 Å². The van der Waals surface area contributed by atoms with Crippen molar-refractivity contribution in [3.8, 4) is 5.88 Å². The van der Waals surface area contributed by atoms with Gasteiger partial charge in [-0.2, -0.15) is 9.61 Å². The van der Waals surface area contributed by atoms with Crippen molar-refractivity contribution in [3.05, 3.63) is 58.1 Å². The Morgan fingerprint density at radius 2 is 2.14 bits per heavy atom. The van der Waals surface area contributed by atoms with Crippen LogP contribution < -0.4 is 0 Å². The normalized spacial score (nSPS) is 14.6. The highest BCUT2D eigenvalue weighted by Gasteiger charge is 2.30. The molecule has 1 fully saturated rings. The van der Waals surface area contributed by atoms with E-state index in [1.165, 1.54) is 10.6 Å². The van der Waals surface area contributed by atoms with Gasteiger partial charge in [0, 0.05) is 24.0 Å². The number of hydrogen-bond donors (Lipinski definition) is 1. The van der Waals surface area contributed by atoms with E-state index in [2.05, 4.69) is 10.1 Å². The van der Waals surface area contributed by atoms with Crippen molar-refractivity contribution in [3.63, 3.8) is 0 Å². The molecule has 112 valence electrons. The molecule has 2 heterocycles. The second-order valence-corrected chi connectivity index (χ2v) is 6.01. The monoisotopic (exact) mass is 317 g/mol. The van der Waals surface area contributed by atoms with Crippen LogP contribution in [0.15, 0.2) is 30.5 Å². The van der Waals surface area contributed by atoms with Crippen LogP contribution >= 0.6 is 11.6 Å². The van der Waals surface area contributed by atoms with Gasteiger partial charge in [0.2, 0.25) is 5.88 Å². The average molecular weight is 318 g/mol. The molecule has 1 saturated carbocycles. The van der Waals surface area contributed by atoms with Gasteiger partial charge in [0.15, 0.2) is 5.65 Å². The van der Waals surface area contributed by atoms with Gasteiger partial charge in [-0.15, -0.1) is 0 Å². The molecule has 4 nitrogen and oxygen atoms in total. The lowest BCUT2D eigenvalue weighted by Gasteiger charge is -2.12. The number of nitrogens with zero attached hydrogens (tertiary/aromatic N) is 3. The Morgan fingerprint density at radius 3 is 2.86 bits per heavy atom. The van der Waals surface area contributed by atoms with Crippen LogP contribution in [0.2, 0.25) is 5.02 Å². The molecule has 1 N–H and O–H groups in total. The zero-order valence-electron chi connectivity index (χ0n) is 11.6. The molecule has 4 rings (SSSR count). The maximum atomic E-state index is 13.3. The second kappa shape index (κ2) is 4.95. The van der Waals surface area contributed by atoms with Gasteiger partial charge in [0.05, 0.1) is 16.9 Å². The Hall–Kier alpha value is -2.14. The van der Waals surface area contributed by atoms with Crippen LogP contribution in [0.1, 0.15) is 35.6 Å². The second-order valence-electron chi connectivity index (χ2n) is 5.60. The summed E-state index contributed by atoms with van der Waals surface area (Å²) in [5.41, 5.74) is 3.12. The summed E-state index contributed by atoms with van der Waals surface area (Å²) >= 11 is 5.84. The summed E-state index contributed by atoms with van der Waals surface area (Å²) < 4.78 is 14.7. The molecule has 0 radical (unpaired) electrons. The summed E-state index contributed by atoms with van der Waals surface area (Å²) in [6.07, 6.45) is 4.21. The molecule has 1 aliphatic carbocycles. The van der Waals surface area contributed by atoms with Gasteiger partial charge in [-0.05, 0) is 30.5 Å². The van der Waals surface area contributed by atoms with Crippen LogP contribution in [0.5, 0.6) is 5.88 Å². The van der Waals surface area contributed by atoms with E-state index in [0.29, 0.717) is 18.0 Å². The molecule has 0 saturated heterocycles. The highest BCUT2D eigenvalue weighted by atomic mass is 35.5. The Kier molecular flexibility index (Phi) is 3.04. The quantitative estimate of drug-likeness (QED) is 0.801. The van der Waals surface area contributed by atoms with Crippen molar-refractivity contribution < 1.29 is 9.50 Å². The van der Waals surface area contributed by atoms with E-state index >= 15 is 0 Å². The first-order valence-electron chi connectivity index (χ1n) is 7.13. The molecule has 0 aliphatic heterocycles. The van der Waals surface area contributed by atoms with Crippen molar-refractivity contribution in [1.82, 2.24) is 14.6 Å². The Morgan fingerprint density at radius 1 is 1.32 bits per heavy atom. The first kappa shape index (κ1) is 13.5. The lowest BCUT2D eigenvalue weighted by Crippen LogP contribution is -2.04. The fourth-order valence-corrected chi connectivity index (χ4v) is 2.90. The molecule has 0 atom stereocenters. The minimum atomic E-state index is -0.447. The van der Waals surface area contributed by atoms with Crippen LogP contribution in [0.4, 0.5) is 4.39 Å². The maximum Gasteiger partial charge on any atom is 0.219 e. The van der Waals surface area contributed by atoms with Crippen molar-refractivity contribution in [1.29, 1.82) is 0 Å². The van der Waals surface area contributed by atoms with Crippen LogP contribution in [-0.4, -0.2) is 19.7 Å². The number of aromatic nitrogens is 3. The zero-order chi connectivity index (χ0) is 15.3. The number of halogens is 2. The highest BCUT2D eigenvalue weighted by Crippen LogP contribution is 2.43. The largest absolute Gasteiger partial charge is 0.493 e. The Balaban J connectivity index is 1.83. The van der Waals surface area contributed by atoms with Crippen LogP contribution in [0, 0.1) is 5.82 Å². The number of aromatic hydroxyl groups is 1. The van der Waals surface area contributed by atoms with Crippen LogP contribution in [0.3, 0.4) is 0 Å². The number of fused-ring (bicyclic) bond motifs is 1. The van der Waals surface area contributed by atoms with Gasteiger partial charge in [-0.25, -0.2) is 9.37 Å². The van der Waals surface area contributed by atoms with E-state index < -0.39 is 5.82 Å². The van der Waals surface area contributed by atoms with Gasteiger partial charge >= 0.3 is 0 Å². The fourth-order valence-electron chi connectivity index (χ4n) is 2.70. The number of benzene rings is 1. The fraction of sp³-hybridized carbons (Fsp3) is 0.250. The molecule has 22 heavy (non-hydrogen) atoms. The Bertz CT molecular complexity index is 873. The maximum absolute atomic E-state index is 13.3. The zero-order valence-corrected chi connectivity index (χ0v) is 12.4. The minimum absolute atomic E-state index is 0.0816. The number of hydrogen-bond acceptors (Lipinski definition) is 3. The predicted molar refractivity (Wildman–Crippen MR) is 80.8 cm³/mol. The van der Waals surface area contributed by atoms with Crippen LogP contribution in [0.25, 0.3) is 5.65 Å².